The highest BCUT2D eigenvalue weighted by molar-refractivity contribution is 6.06. The van der Waals surface area contributed by atoms with Gasteiger partial charge in [-0.1, -0.05) is 0 Å². The van der Waals surface area contributed by atoms with Gasteiger partial charge in [0.2, 0.25) is 5.91 Å². The summed E-state index contributed by atoms with van der Waals surface area (Å²) in [6.07, 6.45) is 0.863. The standard InChI is InChI=1S/C13H16N2O2/c1-2-17-9-3-4-11-10(7-9)13(12(16)15-11)5-6-14-8-13/h3-4,7,14H,2,5-6,8H2,1H3,(H,15,16)/t13-/m1/s1. The summed E-state index contributed by atoms with van der Waals surface area (Å²) in [7, 11) is 0. The summed E-state index contributed by atoms with van der Waals surface area (Å²) in [5.41, 5.74) is 1.64. The number of fused-ring (bicyclic) bond motifs is 2. The first-order valence-electron chi connectivity index (χ1n) is 6.06. The number of nitrogens with one attached hydrogen (secondary N) is 2. The summed E-state index contributed by atoms with van der Waals surface area (Å²) in [6, 6.07) is 5.85. The third-order valence-corrected chi connectivity index (χ3v) is 3.66. The van der Waals surface area contributed by atoms with Crippen molar-refractivity contribution in [2.75, 3.05) is 25.0 Å². The molecule has 0 aliphatic carbocycles. The predicted octanol–water partition coefficient (Wildman–Crippen LogP) is 1.27. The van der Waals surface area contributed by atoms with Crippen molar-refractivity contribution in [2.24, 2.45) is 0 Å². The highest BCUT2D eigenvalue weighted by Crippen LogP contribution is 2.43. The van der Waals surface area contributed by atoms with Gasteiger partial charge < -0.3 is 15.4 Å². The molecule has 3 rings (SSSR count). The zero-order valence-electron chi connectivity index (χ0n) is 9.88. The van der Waals surface area contributed by atoms with Crippen LogP contribution in [0.4, 0.5) is 5.69 Å². The molecule has 0 radical (unpaired) electrons. The normalized spacial score (nSPS) is 26.1. The molecule has 2 aliphatic rings. The van der Waals surface area contributed by atoms with Crippen LogP contribution in [0.5, 0.6) is 5.75 Å². The molecule has 90 valence electrons. The molecule has 0 unspecified atom stereocenters. The predicted molar refractivity (Wildman–Crippen MR) is 65.4 cm³/mol. The van der Waals surface area contributed by atoms with Crippen molar-refractivity contribution in [3.63, 3.8) is 0 Å². The number of benzene rings is 1. The molecule has 2 heterocycles. The lowest BCUT2D eigenvalue weighted by Gasteiger charge is -2.20. The Morgan fingerprint density at radius 3 is 3.06 bits per heavy atom. The molecule has 2 N–H and O–H groups in total. The Balaban J connectivity index is 2.06. The minimum absolute atomic E-state index is 0.117. The number of anilines is 1. The number of carbonyl (C=O) groups excluding carboxylic acids is 1. The van der Waals surface area contributed by atoms with Gasteiger partial charge >= 0.3 is 0 Å². The second-order valence-electron chi connectivity index (χ2n) is 4.60. The number of amides is 1. The van der Waals surface area contributed by atoms with Crippen LogP contribution in [0, 0.1) is 0 Å². The molecular formula is C13H16N2O2. The summed E-state index contributed by atoms with van der Waals surface area (Å²) in [5, 5.41) is 6.24. The largest absolute Gasteiger partial charge is 0.494 e. The third-order valence-electron chi connectivity index (χ3n) is 3.66. The molecular weight excluding hydrogens is 216 g/mol. The zero-order valence-corrected chi connectivity index (χ0v) is 9.88. The Kier molecular flexibility index (Phi) is 2.33. The molecule has 4 heteroatoms. The number of hydrogen-bond acceptors (Lipinski definition) is 3. The SMILES string of the molecule is CCOc1ccc2c(c1)[C@]1(CCNC1)C(=O)N2. The van der Waals surface area contributed by atoms with Gasteiger partial charge in [0.15, 0.2) is 0 Å². The monoisotopic (exact) mass is 232 g/mol. The lowest BCUT2D eigenvalue weighted by Crippen LogP contribution is -2.36. The first kappa shape index (κ1) is 10.6. The lowest BCUT2D eigenvalue weighted by atomic mass is 9.81. The molecule has 1 amide bonds. The van der Waals surface area contributed by atoms with E-state index in [4.69, 9.17) is 4.74 Å². The second-order valence-corrected chi connectivity index (χ2v) is 4.60. The van der Waals surface area contributed by atoms with Crippen LogP contribution in [0.25, 0.3) is 0 Å². The Bertz CT molecular complexity index is 464. The van der Waals surface area contributed by atoms with Crippen LogP contribution in [-0.2, 0) is 10.2 Å². The fraction of sp³-hybridized carbons (Fsp3) is 0.462. The molecule has 1 saturated heterocycles. The van der Waals surface area contributed by atoms with Crippen molar-refractivity contribution >= 4 is 11.6 Å². The van der Waals surface area contributed by atoms with Crippen molar-refractivity contribution in [2.45, 2.75) is 18.8 Å². The minimum atomic E-state index is -0.373. The maximum atomic E-state index is 12.1. The lowest BCUT2D eigenvalue weighted by molar-refractivity contribution is -0.120. The fourth-order valence-electron chi connectivity index (χ4n) is 2.76. The fourth-order valence-corrected chi connectivity index (χ4v) is 2.76. The number of hydrogen-bond donors (Lipinski definition) is 2. The number of ether oxygens (including phenoxy) is 1. The van der Waals surface area contributed by atoms with Crippen molar-refractivity contribution in [1.82, 2.24) is 5.32 Å². The zero-order chi connectivity index (χ0) is 11.9. The molecule has 0 saturated carbocycles. The van der Waals surface area contributed by atoms with E-state index >= 15 is 0 Å². The summed E-state index contributed by atoms with van der Waals surface area (Å²) < 4.78 is 5.51. The van der Waals surface area contributed by atoms with E-state index in [1.807, 2.05) is 25.1 Å². The maximum Gasteiger partial charge on any atom is 0.236 e. The van der Waals surface area contributed by atoms with Crippen LogP contribution in [0.3, 0.4) is 0 Å². The van der Waals surface area contributed by atoms with E-state index in [0.717, 1.165) is 36.5 Å². The Hall–Kier alpha value is -1.55. The van der Waals surface area contributed by atoms with E-state index < -0.39 is 0 Å². The molecule has 4 nitrogen and oxygen atoms in total. The van der Waals surface area contributed by atoms with Crippen LogP contribution in [0.2, 0.25) is 0 Å². The van der Waals surface area contributed by atoms with Gasteiger partial charge in [0, 0.05) is 12.2 Å². The van der Waals surface area contributed by atoms with Gasteiger partial charge in [-0.2, -0.15) is 0 Å². The van der Waals surface area contributed by atoms with Crippen molar-refractivity contribution in [3.05, 3.63) is 23.8 Å². The molecule has 17 heavy (non-hydrogen) atoms. The van der Waals surface area contributed by atoms with Crippen LogP contribution in [0.1, 0.15) is 18.9 Å². The summed E-state index contributed by atoms with van der Waals surface area (Å²) in [5.74, 6) is 0.958. The topological polar surface area (TPSA) is 50.4 Å². The van der Waals surface area contributed by atoms with Crippen LogP contribution >= 0.6 is 0 Å². The van der Waals surface area contributed by atoms with Gasteiger partial charge in [-0.05, 0) is 43.7 Å². The van der Waals surface area contributed by atoms with E-state index in [1.165, 1.54) is 0 Å². The Labute approximate surface area is 100 Å². The van der Waals surface area contributed by atoms with E-state index in [9.17, 15) is 4.79 Å². The summed E-state index contributed by atoms with van der Waals surface area (Å²) >= 11 is 0. The first-order valence-corrected chi connectivity index (χ1v) is 6.06. The Morgan fingerprint density at radius 2 is 2.35 bits per heavy atom. The maximum absolute atomic E-state index is 12.1. The van der Waals surface area contributed by atoms with E-state index in [0.29, 0.717) is 6.61 Å². The summed E-state index contributed by atoms with van der Waals surface area (Å²) in [6.45, 7) is 4.22. The van der Waals surface area contributed by atoms with Gasteiger partial charge in [-0.25, -0.2) is 0 Å². The molecule has 1 atom stereocenters. The van der Waals surface area contributed by atoms with E-state index in [1.54, 1.807) is 0 Å². The molecule has 2 aliphatic heterocycles. The van der Waals surface area contributed by atoms with Gasteiger partial charge in [0.1, 0.15) is 5.75 Å². The van der Waals surface area contributed by atoms with Crippen molar-refractivity contribution in [3.8, 4) is 5.75 Å². The third kappa shape index (κ3) is 1.44. The first-order chi connectivity index (χ1) is 8.26. The molecule has 1 aromatic rings. The van der Waals surface area contributed by atoms with Gasteiger partial charge in [-0.3, -0.25) is 4.79 Å². The van der Waals surface area contributed by atoms with E-state index in [2.05, 4.69) is 10.6 Å². The van der Waals surface area contributed by atoms with Crippen LogP contribution in [-0.4, -0.2) is 25.6 Å². The minimum Gasteiger partial charge on any atom is -0.494 e. The quantitative estimate of drug-likeness (QED) is 0.807. The average Bonchev–Trinajstić information content (AvgIpc) is 2.90. The molecule has 0 bridgehead atoms. The van der Waals surface area contributed by atoms with Gasteiger partial charge in [0.25, 0.3) is 0 Å². The Morgan fingerprint density at radius 1 is 1.47 bits per heavy atom. The summed E-state index contributed by atoms with van der Waals surface area (Å²) in [4.78, 5) is 12.1. The molecule has 0 aromatic heterocycles. The smallest absolute Gasteiger partial charge is 0.236 e. The van der Waals surface area contributed by atoms with Gasteiger partial charge in [0.05, 0.1) is 12.0 Å². The van der Waals surface area contributed by atoms with Gasteiger partial charge in [-0.15, -0.1) is 0 Å². The number of carbonyl (C=O) groups is 1. The second kappa shape index (κ2) is 3.74. The van der Waals surface area contributed by atoms with Crippen molar-refractivity contribution in [1.29, 1.82) is 0 Å². The molecule has 1 spiro atoms. The van der Waals surface area contributed by atoms with E-state index in [-0.39, 0.29) is 11.3 Å². The highest BCUT2D eigenvalue weighted by Gasteiger charge is 2.48. The van der Waals surface area contributed by atoms with Crippen LogP contribution in [0.15, 0.2) is 18.2 Å². The average molecular weight is 232 g/mol. The molecule has 1 fully saturated rings. The van der Waals surface area contributed by atoms with Crippen LogP contribution < -0.4 is 15.4 Å². The molecule has 1 aromatic carbocycles. The number of rotatable bonds is 2. The van der Waals surface area contributed by atoms with Crippen molar-refractivity contribution < 1.29 is 9.53 Å². The highest BCUT2D eigenvalue weighted by atomic mass is 16.5.